The van der Waals surface area contributed by atoms with Crippen molar-refractivity contribution < 1.29 is 18.7 Å². The van der Waals surface area contributed by atoms with Gasteiger partial charge in [-0.3, -0.25) is 19.8 Å². The summed E-state index contributed by atoms with van der Waals surface area (Å²) in [5.41, 5.74) is 1.45. The van der Waals surface area contributed by atoms with Crippen molar-refractivity contribution >= 4 is 73.7 Å². The fraction of sp³-hybridized carbons (Fsp3) is 0.0952. The Balaban J connectivity index is 1.84. The predicted octanol–water partition coefficient (Wildman–Crippen LogP) is 4.58. The fourth-order valence-electron chi connectivity index (χ4n) is 2.69. The lowest BCUT2D eigenvalue weighted by Crippen LogP contribution is -2.53. The molecule has 2 aromatic carbocycles. The highest BCUT2D eigenvalue weighted by atomic mass is 127. The standard InChI is InChI=1S/C21H15BrFIN2O3S/c1-2-7-26-20(28)15(19(27)25-21(26)30)8-13-9-16(22)18(17(24)10-13)29-11-12-3-5-14(23)6-4-12/h2-6,8-10H,1,7,11H2,(H,25,27,30)/b15-8+. The average molecular weight is 601 g/mol. The Kier molecular flexibility index (Phi) is 7.37. The van der Waals surface area contributed by atoms with E-state index in [0.717, 1.165) is 9.13 Å². The number of nitrogens with one attached hydrogen (secondary N) is 1. The van der Waals surface area contributed by atoms with Crippen LogP contribution in [0.3, 0.4) is 0 Å². The number of nitrogens with zero attached hydrogens (tertiary/aromatic N) is 1. The summed E-state index contributed by atoms with van der Waals surface area (Å²) in [6.07, 6.45) is 3.04. The van der Waals surface area contributed by atoms with Crippen molar-refractivity contribution in [1.29, 1.82) is 0 Å². The number of ether oxygens (including phenoxy) is 1. The molecule has 0 spiro atoms. The van der Waals surface area contributed by atoms with Gasteiger partial charge in [-0.25, -0.2) is 4.39 Å². The largest absolute Gasteiger partial charge is 0.487 e. The summed E-state index contributed by atoms with van der Waals surface area (Å²) in [5.74, 6) is -0.726. The van der Waals surface area contributed by atoms with Crippen LogP contribution in [0.4, 0.5) is 4.39 Å². The first kappa shape index (κ1) is 22.6. The van der Waals surface area contributed by atoms with Gasteiger partial charge < -0.3 is 4.74 Å². The van der Waals surface area contributed by atoms with Gasteiger partial charge in [-0.2, -0.15) is 0 Å². The first-order chi connectivity index (χ1) is 14.3. The molecule has 0 aliphatic carbocycles. The Morgan fingerprint density at radius 1 is 1.27 bits per heavy atom. The third-order valence-electron chi connectivity index (χ3n) is 4.13. The number of thiocarbonyl (C=S) groups is 1. The SMILES string of the molecule is C=CCN1C(=O)/C(=C/c2cc(Br)c(OCc3ccc(F)cc3)c(I)c2)C(=O)NC1=S. The van der Waals surface area contributed by atoms with Crippen LogP contribution in [0.2, 0.25) is 0 Å². The predicted molar refractivity (Wildman–Crippen MR) is 128 cm³/mol. The summed E-state index contributed by atoms with van der Waals surface area (Å²) in [6.45, 7) is 4.07. The number of hydrogen-bond acceptors (Lipinski definition) is 4. The van der Waals surface area contributed by atoms with E-state index in [1.807, 2.05) is 0 Å². The van der Waals surface area contributed by atoms with Crippen molar-refractivity contribution in [1.82, 2.24) is 10.2 Å². The average Bonchev–Trinajstić information content (AvgIpc) is 2.69. The molecule has 0 aromatic heterocycles. The normalized spacial score (nSPS) is 15.4. The van der Waals surface area contributed by atoms with Gasteiger partial charge in [0.1, 0.15) is 23.7 Å². The van der Waals surface area contributed by atoms with Gasteiger partial charge in [-0.1, -0.05) is 18.2 Å². The van der Waals surface area contributed by atoms with Gasteiger partial charge in [0.2, 0.25) is 0 Å². The summed E-state index contributed by atoms with van der Waals surface area (Å²) < 4.78 is 20.3. The molecule has 0 radical (unpaired) electrons. The van der Waals surface area contributed by atoms with E-state index < -0.39 is 11.8 Å². The summed E-state index contributed by atoms with van der Waals surface area (Å²) >= 11 is 10.6. The van der Waals surface area contributed by atoms with Crippen molar-refractivity contribution in [2.24, 2.45) is 0 Å². The molecule has 1 aliphatic heterocycles. The lowest BCUT2D eigenvalue weighted by Gasteiger charge is -2.27. The zero-order valence-electron chi connectivity index (χ0n) is 15.5. The molecular formula is C21H15BrFIN2O3S. The number of hydrogen-bond donors (Lipinski definition) is 1. The molecule has 30 heavy (non-hydrogen) atoms. The van der Waals surface area contributed by atoms with Crippen LogP contribution in [0.15, 0.2) is 59.1 Å². The van der Waals surface area contributed by atoms with Crippen LogP contribution >= 0.6 is 50.7 Å². The van der Waals surface area contributed by atoms with Crippen LogP contribution in [-0.2, 0) is 16.2 Å². The highest BCUT2D eigenvalue weighted by molar-refractivity contribution is 14.1. The number of halogens is 3. The minimum Gasteiger partial charge on any atom is -0.487 e. The molecule has 1 fully saturated rings. The van der Waals surface area contributed by atoms with Gasteiger partial charge in [0.05, 0.1) is 8.04 Å². The molecule has 0 saturated carbocycles. The third-order valence-corrected chi connectivity index (χ3v) is 5.84. The lowest BCUT2D eigenvalue weighted by molar-refractivity contribution is -0.128. The monoisotopic (exact) mass is 600 g/mol. The number of amides is 2. The van der Waals surface area contributed by atoms with Crippen LogP contribution in [0.1, 0.15) is 11.1 Å². The Hall–Kier alpha value is -2.11. The number of carbonyl (C=O) groups excluding carboxylic acids is 2. The zero-order chi connectivity index (χ0) is 21.8. The summed E-state index contributed by atoms with van der Waals surface area (Å²) in [6, 6.07) is 9.61. The first-order valence-electron chi connectivity index (χ1n) is 8.66. The molecule has 1 N–H and O–H groups in total. The smallest absolute Gasteiger partial charge is 0.265 e. The Labute approximate surface area is 200 Å². The second-order valence-corrected chi connectivity index (χ2v) is 8.65. The van der Waals surface area contributed by atoms with E-state index in [1.54, 1.807) is 24.3 Å². The summed E-state index contributed by atoms with van der Waals surface area (Å²) in [7, 11) is 0. The molecule has 2 aromatic rings. The van der Waals surface area contributed by atoms with E-state index in [2.05, 4.69) is 50.4 Å². The molecular weight excluding hydrogens is 586 g/mol. The first-order valence-corrected chi connectivity index (χ1v) is 10.9. The lowest BCUT2D eigenvalue weighted by atomic mass is 10.1. The molecule has 1 aliphatic rings. The Bertz CT molecular complexity index is 1050. The van der Waals surface area contributed by atoms with Gasteiger partial charge >= 0.3 is 0 Å². The van der Waals surface area contributed by atoms with Crippen LogP contribution < -0.4 is 10.1 Å². The van der Waals surface area contributed by atoms with E-state index in [1.165, 1.54) is 29.2 Å². The number of benzene rings is 2. The number of rotatable bonds is 6. The quantitative estimate of drug-likeness (QED) is 0.173. The Morgan fingerprint density at radius 3 is 2.60 bits per heavy atom. The topological polar surface area (TPSA) is 58.6 Å². The van der Waals surface area contributed by atoms with Crippen molar-refractivity contribution in [3.8, 4) is 5.75 Å². The number of carbonyl (C=O) groups is 2. The Morgan fingerprint density at radius 2 is 1.97 bits per heavy atom. The highest BCUT2D eigenvalue weighted by Gasteiger charge is 2.32. The second-order valence-electron chi connectivity index (χ2n) is 6.25. The van der Waals surface area contributed by atoms with E-state index in [9.17, 15) is 14.0 Å². The molecule has 154 valence electrons. The molecule has 0 unspecified atom stereocenters. The molecule has 0 bridgehead atoms. The van der Waals surface area contributed by atoms with E-state index >= 15 is 0 Å². The maximum Gasteiger partial charge on any atom is 0.265 e. The van der Waals surface area contributed by atoms with Gasteiger partial charge in [0.25, 0.3) is 11.8 Å². The maximum atomic E-state index is 13.0. The van der Waals surface area contributed by atoms with E-state index in [0.29, 0.717) is 15.8 Å². The van der Waals surface area contributed by atoms with E-state index in [-0.39, 0.29) is 29.7 Å². The molecule has 2 amide bonds. The molecule has 5 nitrogen and oxygen atoms in total. The van der Waals surface area contributed by atoms with E-state index in [4.69, 9.17) is 17.0 Å². The summed E-state index contributed by atoms with van der Waals surface area (Å²) in [5, 5.41) is 2.57. The molecule has 1 heterocycles. The van der Waals surface area contributed by atoms with Crippen molar-refractivity contribution in [2.45, 2.75) is 6.61 Å². The molecule has 0 atom stereocenters. The van der Waals surface area contributed by atoms with Gasteiger partial charge in [-0.15, -0.1) is 6.58 Å². The highest BCUT2D eigenvalue weighted by Crippen LogP contribution is 2.33. The molecule has 1 saturated heterocycles. The third kappa shape index (κ3) is 5.13. The van der Waals surface area contributed by atoms with Crippen LogP contribution in [-0.4, -0.2) is 28.4 Å². The van der Waals surface area contributed by atoms with Crippen molar-refractivity contribution in [3.05, 3.63) is 79.6 Å². The van der Waals surface area contributed by atoms with Crippen LogP contribution in [0.5, 0.6) is 5.75 Å². The van der Waals surface area contributed by atoms with Gasteiger partial charge in [0, 0.05) is 6.54 Å². The maximum absolute atomic E-state index is 13.0. The van der Waals surface area contributed by atoms with Crippen molar-refractivity contribution in [2.75, 3.05) is 6.54 Å². The molecule has 9 heteroatoms. The zero-order valence-corrected chi connectivity index (χ0v) is 20.0. The minimum atomic E-state index is -0.548. The fourth-order valence-corrected chi connectivity index (χ4v) is 4.71. The van der Waals surface area contributed by atoms with Crippen LogP contribution in [0.25, 0.3) is 6.08 Å². The van der Waals surface area contributed by atoms with Gasteiger partial charge in [-0.05, 0) is 92.2 Å². The van der Waals surface area contributed by atoms with Gasteiger partial charge in [0.15, 0.2) is 5.11 Å². The molecule has 3 rings (SSSR count). The summed E-state index contributed by atoms with van der Waals surface area (Å²) in [4.78, 5) is 26.2. The minimum absolute atomic E-state index is 0.0202. The van der Waals surface area contributed by atoms with Crippen molar-refractivity contribution in [3.63, 3.8) is 0 Å². The van der Waals surface area contributed by atoms with Crippen LogP contribution in [0, 0.1) is 9.39 Å². The second kappa shape index (κ2) is 9.80.